The number of ether oxygens (including phenoxy) is 1. The van der Waals surface area contributed by atoms with E-state index in [4.69, 9.17) is 9.73 Å². The highest BCUT2D eigenvalue weighted by molar-refractivity contribution is 7.99. The number of aromatic hydroxyl groups is 1. The van der Waals surface area contributed by atoms with Gasteiger partial charge in [0.2, 0.25) is 5.88 Å². The van der Waals surface area contributed by atoms with E-state index in [0.29, 0.717) is 18.7 Å². The van der Waals surface area contributed by atoms with E-state index in [-0.39, 0.29) is 22.7 Å². The Hall–Kier alpha value is -3.26. The molecule has 1 saturated carbocycles. The van der Waals surface area contributed by atoms with Crippen molar-refractivity contribution >= 4 is 23.2 Å². The maximum absolute atomic E-state index is 13.0. The van der Waals surface area contributed by atoms with E-state index >= 15 is 0 Å². The van der Waals surface area contributed by atoms with Gasteiger partial charge in [-0.25, -0.2) is 4.79 Å². The van der Waals surface area contributed by atoms with Crippen LogP contribution in [0.1, 0.15) is 67.9 Å². The second-order valence-electron chi connectivity index (χ2n) is 8.96. The van der Waals surface area contributed by atoms with Gasteiger partial charge in [0.1, 0.15) is 11.3 Å². The summed E-state index contributed by atoms with van der Waals surface area (Å²) >= 11 is 1.68. The molecule has 1 aliphatic heterocycles. The van der Waals surface area contributed by atoms with E-state index in [0.717, 1.165) is 54.0 Å². The molecule has 1 fully saturated rings. The zero-order valence-corrected chi connectivity index (χ0v) is 20.5. The fourth-order valence-corrected chi connectivity index (χ4v) is 6.21. The van der Waals surface area contributed by atoms with Crippen molar-refractivity contribution in [2.45, 2.75) is 61.6 Å². The average Bonchev–Trinajstić information content (AvgIpc) is 3.05. The van der Waals surface area contributed by atoms with Crippen molar-refractivity contribution in [3.63, 3.8) is 0 Å². The van der Waals surface area contributed by atoms with Gasteiger partial charge < -0.3 is 9.84 Å². The van der Waals surface area contributed by atoms with Crippen LogP contribution in [0, 0.1) is 0 Å². The molecule has 0 bridgehead atoms. The van der Waals surface area contributed by atoms with Crippen molar-refractivity contribution in [1.29, 1.82) is 0 Å². The predicted molar refractivity (Wildman–Crippen MR) is 139 cm³/mol. The number of rotatable bonds is 5. The summed E-state index contributed by atoms with van der Waals surface area (Å²) in [5, 5.41) is 11.2. The first-order valence-electron chi connectivity index (χ1n) is 12.2. The van der Waals surface area contributed by atoms with E-state index in [1.54, 1.807) is 11.8 Å². The number of aromatic nitrogens is 2. The van der Waals surface area contributed by atoms with Gasteiger partial charge in [0, 0.05) is 22.6 Å². The minimum Gasteiger partial charge on any atom is -0.494 e. The highest BCUT2D eigenvalue weighted by atomic mass is 32.2. The van der Waals surface area contributed by atoms with E-state index in [9.17, 15) is 14.7 Å². The number of nitrogens with zero attached hydrogens (tertiary/aromatic N) is 2. The van der Waals surface area contributed by atoms with Gasteiger partial charge in [-0.3, -0.25) is 19.3 Å². The second kappa shape index (κ2) is 10.2. The first kappa shape index (κ1) is 23.5. The average molecular weight is 492 g/mol. The minimum atomic E-state index is -0.604. The molecule has 1 aliphatic carbocycles. The third kappa shape index (κ3) is 4.80. The summed E-state index contributed by atoms with van der Waals surface area (Å²) in [7, 11) is 0. The predicted octanol–water partition coefficient (Wildman–Crippen LogP) is 5.50. The molecule has 8 heteroatoms. The summed E-state index contributed by atoms with van der Waals surface area (Å²) < 4.78 is 6.96. The number of benzene rings is 2. The van der Waals surface area contributed by atoms with Gasteiger partial charge in [0.05, 0.1) is 18.0 Å². The van der Waals surface area contributed by atoms with Crippen molar-refractivity contribution in [1.82, 2.24) is 9.55 Å². The molecule has 2 aliphatic rings. The van der Waals surface area contributed by atoms with Crippen LogP contribution in [0.3, 0.4) is 0 Å². The summed E-state index contributed by atoms with van der Waals surface area (Å²) in [5.74, 6) is 0.525. The molecule has 7 nitrogen and oxygen atoms in total. The molecule has 0 amide bonds. The third-order valence-electron chi connectivity index (χ3n) is 6.68. The van der Waals surface area contributed by atoms with Gasteiger partial charge in [-0.05, 0) is 49.6 Å². The Morgan fingerprint density at radius 2 is 1.83 bits per heavy atom. The number of H-pyrrole nitrogens is 1. The van der Waals surface area contributed by atoms with Crippen molar-refractivity contribution in [2.24, 2.45) is 4.99 Å². The van der Waals surface area contributed by atoms with Gasteiger partial charge in [-0.1, -0.05) is 43.5 Å². The Labute approximate surface area is 207 Å². The van der Waals surface area contributed by atoms with Crippen LogP contribution in [-0.4, -0.2) is 27.0 Å². The summed E-state index contributed by atoms with van der Waals surface area (Å²) in [6.45, 7) is 2.55. The quantitative estimate of drug-likeness (QED) is 0.491. The number of hydrogen-bond donors (Lipinski definition) is 2. The highest BCUT2D eigenvalue weighted by Crippen LogP contribution is 2.46. The van der Waals surface area contributed by atoms with E-state index < -0.39 is 11.2 Å². The molecule has 0 spiro atoms. The standard InChI is InChI=1S/C27H29N3O4S/c1-2-34-19-14-12-17(13-15-19)23-16-21(28-20-10-6-7-11-22(20)35-23)24-25(31)29-27(33)30(26(24)32)18-8-4-3-5-9-18/h6-7,10-15,18,23,32H,2-5,8-9,16H2,1H3,(H,29,31,33). The zero-order valence-electron chi connectivity index (χ0n) is 19.7. The molecule has 2 aromatic carbocycles. The maximum atomic E-state index is 13.0. The van der Waals surface area contributed by atoms with Crippen LogP contribution in [0.4, 0.5) is 5.69 Å². The van der Waals surface area contributed by atoms with Gasteiger partial charge in [-0.15, -0.1) is 11.8 Å². The fourth-order valence-electron chi connectivity index (χ4n) is 4.98. The SMILES string of the molecule is CCOc1ccc(C2CC(c3c(O)n(C4CCCCC4)c(=O)[nH]c3=O)=Nc3ccccc3S2)cc1. The Morgan fingerprint density at radius 1 is 1.09 bits per heavy atom. The van der Waals surface area contributed by atoms with E-state index in [1.165, 1.54) is 4.57 Å². The number of nitrogens with one attached hydrogen (secondary N) is 1. The molecule has 1 unspecified atom stereocenters. The first-order valence-corrected chi connectivity index (χ1v) is 13.1. The van der Waals surface area contributed by atoms with Crippen LogP contribution in [0.5, 0.6) is 11.6 Å². The Kier molecular flexibility index (Phi) is 6.81. The molecule has 35 heavy (non-hydrogen) atoms. The van der Waals surface area contributed by atoms with Crippen LogP contribution in [0.2, 0.25) is 0 Å². The van der Waals surface area contributed by atoms with Gasteiger partial charge in [0.25, 0.3) is 5.56 Å². The van der Waals surface area contributed by atoms with Crippen molar-refractivity contribution in [3.05, 3.63) is 80.5 Å². The number of thioether (sulfide) groups is 1. The maximum Gasteiger partial charge on any atom is 0.331 e. The van der Waals surface area contributed by atoms with Crippen molar-refractivity contribution < 1.29 is 9.84 Å². The molecule has 2 N–H and O–H groups in total. The Morgan fingerprint density at radius 3 is 2.57 bits per heavy atom. The molecule has 2 heterocycles. The Balaban J connectivity index is 1.61. The first-order chi connectivity index (χ1) is 17.0. The second-order valence-corrected chi connectivity index (χ2v) is 10.2. The molecule has 3 aromatic rings. The number of aliphatic imine (C=N–C) groups is 1. The summed E-state index contributed by atoms with van der Waals surface area (Å²) in [5.41, 5.74) is 1.21. The molecule has 1 aromatic heterocycles. The number of para-hydroxylation sites is 1. The topological polar surface area (TPSA) is 96.7 Å². The smallest absolute Gasteiger partial charge is 0.331 e. The molecule has 0 radical (unpaired) electrons. The molecular weight excluding hydrogens is 462 g/mol. The lowest BCUT2D eigenvalue weighted by molar-refractivity contribution is 0.298. The van der Waals surface area contributed by atoms with E-state index in [2.05, 4.69) is 4.98 Å². The van der Waals surface area contributed by atoms with Crippen LogP contribution < -0.4 is 16.0 Å². The van der Waals surface area contributed by atoms with Crippen molar-refractivity contribution in [3.8, 4) is 11.6 Å². The van der Waals surface area contributed by atoms with Gasteiger partial charge in [-0.2, -0.15) is 0 Å². The van der Waals surface area contributed by atoms with Gasteiger partial charge in [0.15, 0.2) is 0 Å². The fraction of sp³-hybridized carbons (Fsp3) is 0.370. The summed E-state index contributed by atoms with van der Waals surface area (Å²) in [6.07, 6.45) is 5.14. The summed E-state index contributed by atoms with van der Waals surface area (Å²) in [4.78, 5) is 34.1. The number of fused-ring (bicyclic) bond motifs is 1. The number of hydrogen-bond acceptors (Lipinski definition) is 6. The molecule has 0 saturated heterocycles. The molecular formula is C27H29N3O4S. The molecule has 5 rings (SSSR count). The lowest BCUT2D eigenvalue weighted by atomic mass is 9.95. The van der Waals surface area contributed by atoms with Crippen LogP contribution in [0.25, 0.3) is 0 Å². The molecule has 182 valence electrons. The lowest BCUT2D eigenvalue weighted by Gasteiger charge is -2.25. The third-order valence-corrected chi connectivity index (χ3v) is 8.00. The minimum absolute atomic E-state index is 0.0399. The Bertz CT molecular complexity index is 1350. The zero-order chi connectivity index (χ0) is 24.4. The van der Waals surface area contributed by atoms with Gasteiger partial charge >= 0.3 is 5.69 Å². The highest BCUT2D eigenvalue weighted by Gasteiger charge is 2.29. The van der Waals surface area contributed by atoms with Crippen molar-refractivity contribution in [2.75, 3.05) is 6.61 Å². The normalized spacial score (nSPS) is 18.4. The molecule has 1 atom stereocenters. The van der Waals surface area contributed by atoms with Crippen LogP contribution in [0.15, 0.2) is 68.0 Å². The van der Waals surface area contributed by atoms with Crippen LogP contribution in [-0.2, 0) is 0 Å². The number of aromatic amines is 1. The monoisotopic (exact) mass is 491 g/mol. The van der Waals surface area contributed by atoms with E-state index in [1.807, 2.05) is 55.5 Å². The lowest BCUT2D eigenvalue weighted by Crippen LogP contribution is -2.36. The summed E-state index contributed by atoms with van der Waals surface area (Å²) in [6, 6.07) is 15.6. The van der Waals surface area contributed by atoms with Crippen LogP contribution >= 0.6 is 11.8 Å². The largest absolute Gasteiger partial charge is 0.494 e.